The smallest absolute Gasteiger partial charge is 0.220 e. The lowest BCUT2D eigenvalue weighted by atomic mass is 10.1. The first-order valence-electron chi connectivity index (χ1n) is 11.0. The largest absolute Gasteiger partial charge is 0.497 e. The summed E-state index contributed by atoms with van der Waals surface area (Å²) in [5, 5.41) is 3.03. The van der Waals surface area contributed by atoms with Crippen molar-refractivity contribution in [3.63, 3.8) is 0 Å². The summed E-state index contributed by atoms with van der Waals surface area (Å²) in [5.74, 6) is 1.72. The molecule has 0 fully saturated rings. The Morgan fingerprint density at radius 1 is 1.03 bits per heavy atom. The predicted molar refractivity (Wildman–Crippen MR) is 133 cm³/mol. The van der Waals surface area contributed by atoms with E-state index >= 15 is 0 Å². The normalized spacial score (nSPS) is 11.0. The van der Waals surface area contributed by atoms with Crippen molar-refractivity contribution in [3.8, 4) is 5.75 Å². The minimum atomic E-state index is 0.0340. The van der Waals surface area contributed by atoms with E-state index in [0.717, 1.165) is 34.7 Å². The molecule has 0 atom stereocenters. The van der Waals surface area contributed by atoms with Crippen molar-refractivity contribution in [3.05, 3.63) is 83.8 Å². The monoisotopic (exact) mass is 460 g/mol. The number of pyridine rings is 1. The van der Waals surface area contributed by atoms with Crippen LogP contribution >= 0.6 is 11.8 Å². The lowest BCUT2D eigenvalue weighted by Crippen LogP contribution is -2.26. The third kappa shape index (κ3) is 5.93. The first kappa shape index (κ1) is 22.9. The van der Waals surface area contributed by atoms with E-state index in [0.29, 0.717) is 25.9 Å². The zero-order chi connectivity index (χ0) is 23.0. The molecule has 0 unspecified atom stereocenters. The average Bonchev–Trinajstić information content (AvgIpc) is 3.21. The van der Waals surface area contributed by atoms with Crippen LogP contribution in [0.4, 0.5) is 0 Å². The highest BCUT2D eigenvalue weighted by Gasteiger charge is 2.14. The number of methoxy groups -OCH3 is 1. The Balaban J connectivity index is 1.38. The number of carbonyl (C=O) groups excluding carboxylic acids is 1. The van der Waals surface area contributed by atoms with E-state index in [1.54, 1.807) is 25.1 Å². The second kappa shape index (κ2) is 11.0. The molecule has 0 bridgehead atoms. The van der Waals surface area contributed by atoms with Crippen molar-refractivity contribution < 1.29 is 9.53 Å². The highest BCUT2D eigenvalue weighted by Crippen LogP contribution is 2.19. The van der Waals surface area contributed by atoms with Crippen molar-refractivity contribution >= 4 is 28.8 Å². The summed E-state index contributed by atoms with van der Waals surface area (Å²) in [4.78, 5) is 23.0. The zero-order valence-corrected chi connectivity index (χ0v) is 19.8. The van der Waals surface area contributed by atoms with E-state index in [9.17, 15) is 4.79 Å². The molecule has 33 heavy (non-hydrogen) atoms. The molecule has 6 nitrogen and oxygen atoms in total. The van der Waals surface area contributed by atoms with Gasteiger partial charge in [0, 0.05) is 30.5 Å². The molecule has 0 saturated heterocycles. The summed E-state index contributed by atoms with van der Waals surface area (Å²) in [5.41, 5.74) is 4.02. The van der Waals surface area contributed by atoms with E-state index in [2.05, 4.69) is 45.4 Å². The van der Waals surface area contributed by atoms with Crippen molar-refractivity contribution in [2.45, 2.75) is 30.7 Å². The van der Waals surface area contributed by atoms with Gasteiger partial charge in [-0.15, -0.1) is 11.8 Å². The van der Waals surface area contributed by atoms with Crippen LogP contribution in [-0.2, 0) is 24.2 Å². The summed E-state index contributed by atoms with van der Waals surface area (Å²) in [6, 6.07) is 20.3. The van der Waals surface area contributed by atoms with Gasteiger partial charge in [-0.05, 0) is 60.2 Å². The maximum Gasteiger partial charge on any atom is 0.220 e. The molecule has 4 aromatic rings. The summed E-state index contributed by atoms with van der Waals surface area (Å²) in [7, 11) is 1.66. The molecule has 2 heterocycles. The Morgan fingerprint density at radius 3 is 2.52 bits per heavy atom. The summed E-state index contributed by atoms with van der Waals surface area (Å²) < 4.78 is 7.35. The highest BCUT2D eigenvalue weighted by molar-refractivity contribution is 7.98. The molecule has 0 aliphatic heterocycles. The zero-order valence-electron chi connectivity index (χ0n) is 19.0. The Hall–Kier alpha value is -3.32. The number of rotatable bonds is 10. The third-order valence-corrected chi connectivity index (χ3v) is 6.30. The fourth-order valence-corrected chi connectivity index (χ4v) is 4.14. The van der Waals surface area contributed by atoms with Crippen molar-refractivity contribution in [1.29, 1.82) is 0 Å². The Labute approximate surface area is 198 Å². The molecular formula is C26H28N4O2S. The number of benzene rings is 2. The number of aromatic nitrogens is 3. The van der Waals surface area contributed by atoms with E-state index in [-0.39, 0.29) is 5.91 Å². The molecule has 170 valence electrons. The van der Waals surface area contributed by atoms with Crippen molar-refractivity contribution in [1.82, 2.24) is 19.9 Å². The fourth-order valence-electron chi connectivity index (χ4n) is 3.73. The number of fused-ring (bicyclic) bond motifs is 1. The maximum atomic E-state index is 12.5. The van der Waals surface area contributed by atoms with E-state index < -0.39 is 0 Å². The van der Waals surface area contributed by atoms with E-state index in [1.807, 2.05) is 36.4 Å². The molecule has 0 aliphatic carbocycles. The number of aryl methyl sites for hydroxylation is 1. The highest BCUT2D eigenvalue weighted by atomic mass is 32.2. The predicted octanol–water partition coefficient (Wildman–Crippen LogP) is 4.50. The molecule has 1 N–H and O–H groups in total. The van der Waals surface area contributed by atoms with Crippen LogP contribution < -0.4 is 10.1 Å². The summed E-state index contributed by atoms with van der Waals surface area (Å²) in [6.45, 7) is 1.27. The molecule has 1 amide bonds. The van der Waals surface area contributed by atoms with Crippen LogP contribution in [0, 0.1) is 0 Å². The number of carbonyl (C=O) groups is 1. The van der Waals surface area contributed by atoms with E-state index in [1.165, 1.54) is 10.5 Å². The van der Waals surface area contributed by atoms with Gasteiger partial charge in [0.15, 0.2) is 5.65 Å². The van der Waals surface area contributed by atoms with Crippen LogP contribution in [0.5, 0.6) is 5.75 Å². The van der Waals surface area contributed by atoms with Crippen molar-refractivity contribution in [2.75, 3.05) is 19.9 Å². The minimum Gasteiger partial charge on any atom is -0.497 e. The molecule has 0 radical (unpaired) electrons. The lowest BCUT2D eigenvalue weighted by molar-refractivity contribution is -0.121. The van der Waals surface area contributed by atoms with Gasteiger partial charge in [-0.2, -0.15) is 0 Å². The number of nitrogens with zero attached hydrogens (tertiary/aromatic N) is 3. The lowest BCUT2D eigenvalue weighted by Gasteiger charge is -2.10. The molecule has 7 heteroatoms. The van der Waals surface area contributed by atoms with Gasteiger partial charge in [-0.25, -0.2) is 9.97 Å². The van der Waals surface area contributed by atoms with Crippen LogP contribution in [0.1, 0.15) is 23.4 Å². The maximum absolute atomic E-state index is 12.5. The van der Waals surface area contributed by atoms with Crippen LogP contribution in [-0.4, -0.2) is 40.4 Å². The number of imidazole rings is 1. The molecule has 0 spiro atoms. The van der Waals surface area contributed by atoms with Crippen LogP contribution in [0.2, 0.25) is 0 Å². The number of hydrogen-bond acceptors (Lipinski definition) is 5. The van der Waals surface area contributed by atoms with Crippen LogP contribution in [0.25, 0.3) is 11.2 Å². The first-order chi connectivity index (χ1) is 16.2. The Bertz CT molecular complexity index is 1200. The molecule has 0 aliphatic rings. The number of ether oxygens (including phenoxy) is 1. The average molecular weight is 461 g/mol. The number of thioether (sulfide) groups is 1. The second-order valence-electron chi connectivity index (χ2n) is 7.76. The van der Waals surface area contributed by atoms with Gasteiger partial charge in [-0.1, -0.05) is 24.3 Å². The fraction of sp³-hybridized carbons (Fsp3) is 0.269. The van der Waals surface area contributed by atoms with Crippen molar-refractivity contribution in [2.24, 2.45) is 0 Å². The Morgan fingerprint density at radius 2 is 1.79 bits per heavy atom. The van der Waals surface area contributed by atoms with Crippen LogP contribution in [0.15, 0.2) is 71.8 Å². The summed E-state index contributed by atoms with van der Waals surface area (Å²) >= 11 is 1.73. The van der Waals surface area contributed by atoms with Gasteiger partial charge in [0.25, 0.3) is 0 Å². The first-order valence-corrected chi connectivity index (χ1v) is 12.2. The summed E-state index contributed by atoms with van der Waals surface area (Å²) in [6.07, 6.45) is 5.60. The molecule has 0 saturated carbocycles. The molecular weight excluding hydrogens is 432 g/mol. The van der Waals surface area contributed by atoms with Gasteiger partial charge in [0.05, 0.1) is 13.7 Å². The third-order valence-electron chi connectivity index (χ3n) is 5.55. The van der Waals surface area contributed by atoms with Gasteiger partial charge < -0.3 is 14.6 Å². The molecule has 2 aromatic heterocycles. The topological polar surface area (TPSA) is 69.0 Å². The minimum absolute atomic E-state index is 0.0340. The van der Waals surface area contributed by atoms with Gasteiger partial charge in [0.1, 0.15) is 17.1 Å². The SMILES string of the molecule is COc1ccc(Cn2c(CCC(=O)NCCc3ccc(SC)cc3)nc3cccnc32)cc1. The standard InChI is InChI=1S/C26H28N4O2S/c1-32-21-9-5-20(6-10-21)18-30-24(29-23-4-3-16-28-26(23)30)13-14-25(31)27-17-15-19-7-11-22(33-2)12-8-19/h3-12,16H,13-15,17-18H2,1-2H3,(H,27,31). The number of amides is 1. The number of nitrogens with one attached hydrogen (secondary N) is 1. The second-order valence-corrected chi connectivity index (χ2v) is 8.64. The van der Waals surface area contributed by atoms with Crippen LogP contribution in [0.3, 0.4) is 0 Å². The molecule has 4 rings (SSSR count). The quantitative estimate of drug-likeness (QED) is 0.353. The molecule has 2 aromatic carbocycles. The van der Waals surface area contributed by atoms with Gasteiger partial charge in [0.2, 0.25) is 5.91 Å². The Kier molecular flexibility index (Phi) is 7.62. The van der Waals surface area contributed by atoms with E-state index in [4.69, 9.17) is 9.72 Å². The van der Waals surface area contributed by atoms with Gasteiger partial charge in [-0.3, -0.25) is 4.79 Å². The van der Waals surface area contributed by atoms with Gasteiger partial charge >= 0.3 is 0 Å². The number of hydrogen-bond donors (Lipinski definition) is 1.